The Morgan fingerprint density at radius 1 is 1.03 bits per heavy atom. The van der Waals surface area contributed by atoms with Crippen LogP contribution in [0.4, 0.5) is 4.39 Å². The molecule has 2 aliphatic carbocycles. The molecule has 1 fully saturated rings. The lowest BCUT2D eigenvalue weighted by atomic mass is 9.75. The number of amides is 1. The van der Waals surface area contributed by atoms with Crippen molar-refractivity contribution in [1.82, 2.24) is 5.32 Å². The van der Waals surface area contributed by atoms with Crippen LogP contribution in [0.25, 0.3) is 0 Å². The van der Waals surface area contributed by atoms with Gasteiger partial charge in [-0.25, -0.2) is 4.39 Å². The first kappa shape index (κ1) is 22.8. The highest BCUT2D eigenvalue weighted by molar-refractivity contribution is 5.85. The maximum Gasteiger partial charge on any atom is 0.223 e. The van der Waals surface area contributed by atoms with E-state index in [1.54, 1.807) is 12.1 Å². The zero-order valence-electron chi connectivity index (χ0n) is 17.4. The summed E-state index contributed by atoms with van der Waals surface area (Å²) in [5.41, 5.74) is 9.30. The molecule has 0 aliphatic heterocycles. The minimum Gasteiger partial charge on any atom is -0.352 e. The van der Waals surface area contributed by atoms with E-state index in [1.165, 1.54) is 11.1 Å². The third kappa shape index (κ3) is 5.22. The average molecular weight is 431 g/mol. The van der Waals surface area contributed by atoms with E-state index in [2.05, 4.69) is 17.4 Å². The van der Waals surface area contributed by atoms with Crippen LogP contribution < -0.4 is 11.1 Å². The molecule has 0 aromatic heterocycles. The number of aryl methyl sites for hydroxylation is 1. The van der Waals surface area contributed by atoms with Gasteiger partial charge >= 0.3 is 0 Å². The number of hydrogen-bond donors (Lipinski definition) is 2. The Morgan fingerprint density at radius 3 is 2.47 bits per heavy atom. The smallest absolute Gasteiger partial charge is 0.223 e. The van der Waals surface area contributed by atoms with Gasteiger partial charge in [-0.3, -0.25) is 4.79 Å². The number of carbonyl (C=O) groups excluding carboxylic acids is 1. The predicted molar refractivity (Wildman–Crippen MR) is 121 cm³/mol. The van der Waals surface area contributed by atoms with Gasteiger partial charge in [-0.15, -0.1) is 12.4 Å². The quantitative estimate of drug-likeness (QED) is 0.717. The zero-order chi connectivity index (χ0) is 20.2. The van der Waals surface area contributed by atoms with Crippen LogP contribution in [0.1, 0.15) is 54.7 Å². The summed E-state index contributed by atoms with van der Waals surface area (Å²) in [4.78, 5) is 13.0. The van der Waals surface area contributed by atoms with Crippen molar-refractivity contribution >= 4 is 18.3 Å². The molecule has 0 heterocycles. The Balaban J connectivity index is 0.00000256. The van der Waals surface area contributed by atoms with E-state index in [4.69, 9.17) is 5.73 Å². The van der Waals surface area contributed by atoms with Crippen molar-refractivity contribution < 1.29 is 9.18 Å². The zero-order valence-corrected chi connectivity index (χ0v) is 18.2. The van der Waals surface area contributed by atoms with E-state index >= 15 is 0 Å². The Morgan fingerprint density at radius 2 is 1.77 bits per heavy atom. The van der Waals surface area contributed by atoms with E-state index in [-0.39, 0.29) is 42.0 Å². The number of carbonyl (C=O) groups is 1. The second kappa shape index (κ2) is 10.4. The van der Waals surface area contributed by atoms with Gasteiger partial charge in [0.05, 0.1) is 0 Å². The third-order valence-corrected chi connectivity index (χ3v) is 6.89. The minimum atomic E-state index is -0.179. The molecule has 2 aromatic rings. The monoisotopic (exact) mass is 430 g/mol. The van der Waals surface area contributed by atoms with Crippen LogP contribution in [-0.2, 0) is 17.6 Å². The van der Waals surface area contributed by atoms with Crippen LogP contribution in [-0.4, -0.2) is 18.5 Å². The van der Waals surface area contributed by atoms with Crippen molar-refractivity contribution in [3.05, 3.63) is 71.0 Å². The molecule has 5 heteroatoms. The molecule has 0 spiro atoms. The van der Waals surface area contributed by atoms with Gasteiger partial charge in [0.2, 0.25) is 5.91 Å². The van der Waals surface area contributed by atoms with Gasteiger partial charge in [0.1, 0.15) is 5.82 Å². The SMILES string of the molecule is Cl.NCC1CCC(C(=O)N[C@@H]2CCc3cc(F)ccc3C2Cc2ccccc2)CC1. The first-order valence-electron chi connectivity index (χ1n) is 11.0. The van der Waals surface area contributed by atoms with Crippen LogP contribution in [0.15, 0.2) is 48.5 Å². The summed E-state index contributed by atoms with van der Waals surface area (Å²) in [7, 11) is 0. The normalized spacial score (nSPS) is 25.7. The minimum absolute atomic E-state index is 0. The van der Waals surface area contributed by atoms with E-state index in [0.29, 0.717) is 5.92 Å². The third-order valence-electron chi connectivity index (χ3n) is 6.89. The summed E-state index contributed by atoms with van der Waals surface area (Å²) in [6, 6.07) is 15.6. The standard InChI is InChI=1S/C25H31FN2O.ClH/c26-21-11-12-22-20(15-21)10-13-24(23(22)14-17-4-2-1-3-5-17)28-25(29)19-8-6-18(16-27)7-9-19;/h1-5,11-12,15,18-19,23-24H,6-10,13-14,16,27H2,(H,28,29);1H/t18?,19?,23?,24-;/m1./s1. The van der Waals surface area contributed by atoms with Crippen molar-refractivity contribution in [2.24, 2.45) is 17.6 Å². The van der Waals surface area contributed by atoms with Gasteiger partial charge in [0.25, 0.3) is 0 Å². The Hall–Kier alpha value is -1.91. The van der Waals surface area contributed by atoms with Crippen molar-refractivity contribution in [2.45, 2.75) is 56.9 Å². The van der Waals surface area contributed by atoms with E-state index in [0.717, 1.165) is 57.1 Å². The molecule has 30 heavy (non-hydrogen) atoms. The Bertz CT molecular complexity index is 836. The van der Waals surface area contributed by atoms with Gasteiger partial charge in [0, 0.05) is 17.9 Å². The fourth-order valence-corrected chi connectivity index (χ4v) is 5.14. The molecule has 0 radical (unpaired) electrons. The van der Waals surface area contributed by atoms with E-state index in [9.17, 15) is 9.18 Å². The van der Waals surface area contributed by atoms with Crippen LogP contribution >= 0.6 is 12.4 Å². The first-order valence-corrected chi connectivity index (χ1v) is 11.0. The highest BCUT2D eigenvalue weighted by Gasteiger charge is 2.33. The summed E-state index contributed by atoms with van der Waals surface area (Å²) in [6.07, 6.45) is 6.49. The summed E-state index contributed by atoms with van der Waals surface area (Å²) < 4.78 is 13.8. The number of benzene rings is 2. The van der Waals surface area contributed by atoms with Gasteiger partial charge < -0.3 is 11.1 Å². The molecular formula is C25H32ClFN2O. The molecule has 1 unspecified atom stereocenters. The molecule has 2 aliphatic rings. The van der Waals surface area contributed by atoms with Crippen LogP contribution in [0, 0.1) is 17.7 Å². The van der Waals surface area contributed by atoms with Gasteiger partial charge in [-0.05, 0) is 86.2 Å². The van der Waals surface area contributed by atoms with Gasteiger partial charge in [-0.1, -0.05) is 36.4 Å². The van der Waals surface area contributed by atoms with Crippen LogP contribution in [0.2, 0.25) is 0 Å². The lowest BCUT2D eigenvalue weighted by molar-refractivity contribution is -0.127. The Labute approximate surface area is 185 Å². The summed E-state index contributed by atoms with van der Waals surface area (Å²) in [5.74, 6) is 0.854. The molecule has 3 N–H and O–H groups in total. The molecule has 2 aromatic carbocycles. The number of rotatable bonds is 5. The molecule has 162 valence electrons. The molecule has 2 atom stereocenters. The number of fused-ring (bicyclic) bond motifs is 1. The number of nitrogens with two attached hydrogens (primary N) is 1. The molecular weight excluding hydrogens is 399 g/mol. The molecule has 3 nitrogen and oxygen atoms in total. The number of nitrogens with one attached hydrogen (secondary N) is 1. The fraction of sp³-hybridized carbons (Fsp3) is 0.480. The molecule has 0 saturated heterocycles. The lowest BCUT2D eigenvalue weighted by Gasteiger charge is -2.36. The van der Waals surface area contributed by atoms with Crippen molar-refractivity contribution in [2.75, 3.05) is 6.54 Å². The number of hydrogen-bond acceptors (Lipinski definition) is 2. The average Bonchev–Trinajstić information content (AvgIpc) is 2.76. The number of halogens is 2. The first-order chi connectivity index (χ1) is 14.1. The largest absolute Gasteiger partial charge is 0.352 e. The van der Waals surface area contributed by atoms with Crippen molar-refractivity contribution in [3.63, 3.8) is 0 Å². The highest BCUT2D eigenvalue weighted by Crippen LogP contribution is 2.36. The molecule has 1 saturated carbocycles. The summed E-state index contributed by atoms with van der Waals surface area (Å²) >= 11 is 0. The Kier molecular flexibility index (Phi) is 7.90. The van der Waals surface area contributed by atoms with Crippen LogP contribution in [0.5, 0.6) is 0 Å². The summed E-state index contributed by atoms with van der Waals surface area (Å²) in [6.45, 7) is 0.726. The van der Waals surface area contributed by atoms with Crippen molar-refractivity contribution in [1.29, 1.82) is 0 Å². The molecule has 0 bridgehead atoms. The summed E-state index contributed by atoms with van der Waals surface area (Å²) in [5, 5.41) is 3.38. The predicted octanol–water partition coefficient (Wildman–Crippen LogP) is 4.77. The second-order valence-electron chi connectivity index (χ2n) is 8.75. The molecule has 1 amide bonds. The fourth-order valence-electron chi connectivity index (χ4n) is 5.14. The highest BCUT2D eigenvalue weighted by atomic mass is 35.5. The van der Waals surface area contributed by atoms with Crippen LogP contribution in [0.3, 0.4) is 0 Å². The van der Waals surface area contributed by atoms with Crippen molar-refractivity contribution in [3.8, 4) is 0 Å². The maximum atomic E-state index is 13.8. The molecule has 4 rings (SSSR count). The lowest BCUT2D eigenvalue weighted by Crippen LogP contribution is -2.45. The van der Waals surface area contributed by atoms with E-state index < -0.39 is 0 Å². The van der Waals surface area contributed by atoms with E-state index in [1.807, 2.05) is 24.3 Å². The topological polar surface area (TPSA) is 55.1 Å². The van der Waals surface area contributed by atoms with Gasteiger partial charge in [0.15, 0.2) is 0 Å². The maximum absolute atomic E-state index is 13.8. The second-order valence-corrected chi connectivity index (χ2v) is 8.75. The van der Waals surface area contributed by atoms with Gasteiger partial charge in [-0.2, -0.15) is 0 Å².